The summed E-state index contributed by atoms with van der Waals surface area (Å²) in [6, 6.07) is 1.40. The Labute approximate surface area is 110 Å². The summed E-state index contributed by atoms with van der Waals surface area (Å²) in [5.74, 6) is 1.04. The van der Waals surface area contributed by atoms with Gasteiger partial charge in [0.2, 0.25) is 0 Å². The quantitative estimate of drug-likeness (QED) is 0.654. The van der Waals surface area contributed by atoms with Gasteiger partial charge in [-0.2, -0.15) is 0 Å². The van der Waals surface area contributed by atoms with Crippen molar-refractivity contribution in [1.82, 2.24) is 4.98 Å². The number of rotatable bonds is 2. The van der Waals surface area contributed by atoms with Gasteiger partial charge in [0, 0.05) is 25.2 Å². The average molecular weight is 271 g/mol. The molecule has 1 aliphatic rings. The Hall–Kier alpha value is -1.40. The van der Waals surface area contributed by atoms with Crippen molar-refractivity contribution >= 4 is 23.1 Å². The molecule has 1 aromatic rings. The molecule has 2 heterocycles. The maximum absolute atomic E-state index is 10.6. The topological polar surface area (TPSA) is 85.3 Å². The predicted octanol–water partition coefficient (Wildman–Crippen LogP) is 1.82. The van der Waals surface area contributed by atoms with E-state index in [1.165, 1.54) is 12.3 Å². The van der Waals surface area contributed by atoms with Gasteiger partial charge < -0.3 is 10.6 Å². The van der Waals surface area contributed by atoms with Crippen LogP contribution in [0, 0.1) is 16.0 Å². The first-order valence-electron chi connectivity index (χ1n) is 5.79. The summed E-state index contributed by atoms with van der Waals surface area (Å²) < 4.78 is 0. The first-order chi connectivity index (χ1) is 8.49. The van der Waals surface area contributed by atoms with Crippen LogP contribution in [-0.2, 0) is 0 Å². The maximum atomic E-state index is 10.6. The number of piperidine rings is 1. The third kappa shape index (κ3) is 2.54. The highest BCUT2D eigenvalue weighted by Crippen LogP contribution is 2.29. The molecular formula is C11H15ClN4O2. The van der Waals surface area contributed by atoms with Gasteiger partial charge in [0.05, 0.1) is 9.95 Å². The molecule has 2 rings (SSSR count). The molecule has 0 spiro atoms. The van der Waals surface area contributed by atoms with Gasteiger partial charge in [-0.15, -0.1) is 0 Å². The lowest BCUT2D eigenvalue weighted by molar-refractivity contribution is -0.385. The van der Waals surface area contributed by atoms with Gasteiger partial charge in [-0.05, 0) is 12.3 Å². The lowest BCUT2D eigenvalue weighted by atomic mass is 9.94. The molecule has 0 bridgehead atoms. The third-order valence-corrected chi connectivity index (χ3v) is 3.61. The lowest BCUT2D eigenvalue weighted by Gasteiger charge is -2.36. The minimum atomic E-state index is -0.507. The molecule has 0 aromatic carbocycles. The van der Waals surface area contributed by atoms with E-state index in [4.69, 9.17) is 17.3 Å². The molecular weight excluding hydrogens is 256 g/mol. The van der Waals surface area contributed by atoms with E-state index in [-0.39, 0.29) is 11.7 Å². The normalized spacial score (nSPS) is 24.1. The van der Waals surface area contributed by atoms with Crippen molar-refractivity contribution in [3.63, 3.8) is 0 Å². The van der Waals surface area contributed by atoms with Crippen molar-refractivity contribution in [2.75, 3.05) is 18.0 Å². The molecule has 1 aliphatic heterocycles. The zero-order valence-electron chi connectivity index (χ0n) is 10.0. The number of aromatic nitrogens is 1. The fourth-order valence-corrected chi connectivity index (χ4v) is 2.32. The summed E-state index contributed by atoms with van der Waals surface area (Å²) in [6.07, 6.45) is 2.20. The maximum Gasteiger partial charge on any atom is 0.289 e. The molecule has 1 saturated heterocycles. The van der Waals surface area contributed by atoms with Gasteiger partial charge >= 0.3 is 0 Å². The fraction of sp³-hybridized carbons (Fsp3) is 0.545. The minimum Gasteiger partial charge on any atom is -0.354 e. The number of hydrogen-bond donors (Lipinski definition) is 1. The second-order valence-corrected chi connectivity index (χ2v) is 5.04. The summed E-state index contributed by atoms with van der Waals surface area (Å²) in [5, 5.41) is 10.9. The predicted molar refractivity (Wildman–Crippen MR) is 69.9 cm³/mol. The van der Waals surface area contributed by atoms with Crippen LogP contribution in [0.25, 0.3) is 0 Å². The highest BCUT2D eigenvalue weighted by Gasteiger charge is 2.25. The highest BCUT2D eigenvalue weighted by atomic mass is 35.5. The van der Waals surface area contributed by atoms with Crippen molar-refractivity contribution < 1.29 is 4.92 Å². The Morgan fingerprint density at radius 3 is 2.94 bits per heavy atom. The molecule has 0 aliphatic carbocycles. The lowest BCUT2D eigenvalue weighted by Crippen LogP contribution is -2.48. The van der Waals surface area contributed by atoms with E-state index >= 15 is 0 Å². The largest absolute Gasteiger partial charge is 0.354 e. The number of hydrogen-bond acceptors (Lipinski definition) is 5. The van der Waals surface area contributed by atoms with Crippen LogP contribution in [0.3, 0.4) is 0 Å². The van der Waals surface area contributed by atoms with E-state index in [9.17, 15) is 10.1 Å². The van der Waals surface area contributed by atoms with Crippen LogP contribution in [0.1, 0.15) is 13.3 Å². The Morgan fingerprint density at radius 2 is 2.39 bits per heavy atom. The first-order valence-corrected chi connectivity index (χ1v) is 6.17. The van der Waals surface area contributed by atoms with Crippen LogP contribution < -0.4 is 10.6 Å². The zero-order chi connectivity index (χ0) is 13.3. The monoisotopic (exact) mass is 270 g/mol. The summed E-state index contributed by atoms with van der Waals surface area (Å²) >= 11 is 6.04. The summed E-state index contributed by atoms with van der Waals surface area (Å²) in [7, 11) is 0. The number of pyridine rings is 1. The molecule has 1 aromatic heterocycles. The van der Waals surface area contributed by atoms with Gasteiger partial charge in [0.25, 0.3) is 5.69 Å². The Balaban J connectivity index is 2.21. The van der Waals surface area contributed by atoms with E-state index in [0.29, 0.717) is 23.3 Å². The molecule has 2 N–H and O–H groups in total. The number of anilines is 1. The summed E-state index contributed by atoms with van der Waals surface area (Å²) in [5.41, 5.74) is 5.91. The SMILES string of the molecule is CC1CCN(c2ncc([N+](=O)[O-])cc2Cl)CC1N. The Morgan fingerprint density at radius 1 is 1.67 bits per heavy atom. The molecule has 2 atom stereocenters. The molecule has 0 saturated carbocycles. The van der Waals surface area contributed by atoms with Crippen LogP contribution >= 0.6 is 11.6 Å². The molecule has 0 radical (unpaired) electrons. The van der Waals surface area contributed by atoms with Crippen LogP contribution in [-0.4, -0.2) is 29.0 Å². The molecule has 2 unspecified atom stereocenters. The Kier molecular flexibility index (Phi) is 3.68. The van der Waals surface area contributed by atoms with Crippen LogP contribution in [0.15, 0.2) is 12.3 Å². The van der Waals surface area contributed by atoms with Crippen LogP contribution in [0.2, 0.25) is 5.02 Å². The van der Waals surface area contributed by atoms with Crippen molar-refractivity contribution in [2.24, 2.45) is 11.7 Å². The van der Waals surface area contributed by atoms with Gasteiger partial charge in [0.1, 0.15) is 12.0 Å². The Bertz CT molecular complexity index is 468. The molecule has 7 heteroatoms. The molecule has 1 fully saturated rings. The van der Waals surface area contributed by atoms with Crippen LogP contribution in [0.4, 0.5) is 11.5 Å². The smallest absolute Gasteiger partial charge is 0.289 e. The third-order valence-electron chi connectivity index (χ3n) is 3.33. The highest BCUT2D eigenvalue weighted by molar-refractivity contribution is 6.33. The van der Waals surface area contributed by atoms with E-state index in [2.05, 4.69) is 11.9 Å². The molecule has 6 nitrogen and oxygen atoms in total. The summed E-state index contributed by atoms with van der Waals surface area (Å²) in [4.78, 5) is 16.2. The number of nitrogens with two attached hydrogens (primary N) is 1. The molecule has 18 heavy (non-hydrogen) atoms. The first kappa shape index (κ1) is 13.0. The molecule has 98 valence electrons. The van der Waals surface area contributed by atoms with Gasteiger partial charge in [-0.25, -0.2) is 4.98 Å². The number of nitrogens with zero attached hydrogens (tertiary/aromatic N) is 3. The van der Waals surface area contributed by atoms with Crippen LogP contribution in [0.5, 0.6) is 0 Å². The minimum absolute atomic E-state index is 0.0757. The van der Waals surface area contributed by atoms with E-state index in [1.807, 2.05) is 4.90 Å². The van der Waals surface area contributed by atoms with Crippen molar-refractivity contribution in [2.45, 2.75) is 19.4 Å². The van der Waals surface area contributed by atoms with Gasteiger partial charge in [0.15, 0.2) is 0 Å². The van der Waals surface area contributed by atoms with Gasteiger partial charge in [-0.3, -0.25) is 10.1 Å². The van der Waals surface area contributed by atoms with Gasteiger partial charge in [-0.1, -0.05) is 18.5 Å². The second kappa shape index (κ2) is 5.07. The molecule has 0 amide bonds. The van der Waals surface area contributed by atoms with E-state index in [0.717, 1.165) is 13.0 Å². The number of halogens is 1. The van der Waals surface area contributed by atoms with Crippen molar-refractivity contribution in [1.29, 1.82) is 0 Å². The fourth-order valence-electron chi connectivity index (χ4n) is 2.04. The number of nitro groups is 1. The van der Waals surface area contributed by atoms with E-state index < -0.39 is 4.92 Å². The second-order valence-electron chi connectivity index (χ2n) is 4.63. The van der Waals surface area contributed by atoms with E-state index in [1.54, 1.807) is 0 Å². The van der Waals surface area contributed by atoms with Crippen molar-refractivity contribution in [3.05, 3.63) is 27.4 Å². The standard InChI is InChI=1S/C11H15ClN4O2/c1-7-2-3-15(6-10(7)13)11-9(12)4-8(5-14-11)16(17)18/h4-5,7,10H,2-3,6,13H2,1H3. The zero-order valence-corrected chi connectivity index (χ0v) is 10.8. The summed E-state index contributed by atoms with van der Waals surface area (Å²) in [6.45, 7) is 3.61. The van der Waals surface area contributed by atoms with Crippen molar-refractivity contribution in [3.8, 4) is 0 Å². The average Bonchev–Trinajstić information content (AvgIpc) is 2.32.